The maximum Gasteiger partial charge on any atom is 0.326 e. The molecule has 0 radical (unpaired) electrons. The van der Waals surface area contributed by atoms with Crippen molar-refractivity contribution in [2.24, 2.45) is 0 Å². The van der Waals surface area contributed by atoms with E-state index in [1.54, 1.807) is 12.3 Å². The van der Waals surface area contributed by atoms with Gasteiger partial charge in [-0.3, -0.25) is 14.9 Å². The number of aliphatic carboxylic acids is 1. The van der Waals surface area contributed by atoms with Crippen molar-refractivity contribution in [2.45, 2.75) is 25.3 Å². The van der Waals surface area contributed by atoms with Crippen LogP contribution in [0.2, 0.25) is 0 Å². The fourth-order valence-corrected chi connectivity index (χ4v) is 3.01. The smallest absolute Gasteiger partial charge is 0.326 e. The molecule has 23 heavy (non-hydrogen) atoms. The monoisotopic (exact) mass is 317 g/mol. The molecule has 1 fully saturated rings. The Hall–Kier alpha value is -2.90. The van der Waals surface area contributed by atoms with Crippen LogP contribution < -0.4 is 0 Å². The summed E-state index contributed by atoms with van der Waals surface area (Å²) in [5.41, 5.74) is 1.29. The lowest BCUT2D eigenvalue weighted by Crippen LogP contribution is -2.41. The zero-order valence-corrected chi connectivity index (χ0v) is 12.2. The Morgan fingerprint density at radius 1 is 1.43 bits per heavy atom. The summed E-state index contributed by atoms with van der Waals surface area (Å²) in [6.45, 7) is 0.429. The van der Waals surface area contributed by atoms with E-state index in [-0.39, 0.29) is 18.0 Å². The van der Waals surface area contributed by atoms with Crippen molar-refractivity contribution in [1.82, 2.24) is 9.88 Å². The van der Waals surface area contributed by atoms with Gasteiger partial charge in [-0.25, -0.2) is 4.79 Å². The predicted octanol–water partition coefficient (Wildman–Crippen LogP) is 1.69. The largest absolute Gasteiger partial charge is 0.480 e. The minimum Gasteiger partial charge on any atom is -0.480 e. The minimum atomic E-state index is -0.995. The number of fused-ring (bicyclic) bond motifs is 1. The van der Waals surface area contributed by atoms with Crippen LogP contribution in [0, 0.1) is 10.1 Å². The maximum absolute atomic E-state index is 12.4. The first-order valence-corrected chi connectivity index (χ1v) is 7.24. The molecule has 0 unspecified atom stereocenters. The SMILES string of the molecule is O=C(O)[C@H]1CCCN1C(=O)Cc1c[nH]c2ccc([N+](=O)[O-])cc12. The molecule has 1 aromatic heterocycles. The second kappa shape index (κ2) is 5.71. The quantitative estimate of drug-likeness (QED) is 0.657. The number of amides is 1. The number of nitrogens with one attached hydrogen (secondary N) is 1. The third-order valence-corrected chi connectivity index (χ3v) is 4.16. The lowest BCUT2D eigenvalue weighted by Gasteiger charge is -2.21. The Balaban J connectivity index is 1.86. The van der Waals surface area contributed by atoms with Crippen molar-refractivity contribution in [3.8, 4) is 0 Å². The summed E-state index contributed by atoms with van der Waals surface area (Å²) < 4.78 is 0. The van der Waals surface area contributed by atoms with Crippen LogP contribution in [0.25, 0.3) is 10.9 Å². The van der Waals surface area contributed by atoms with E-state index in [0.29, 0.717) is 35.9 Å². The van der Waals surface area contributed by atoms with Crippen LogP contribution >= 0.6 is 0 Å². The van der Waals surface area contributed by atoms with Crippen LogP contribution in [0.4, 0.5) is 5.69 Å². The van der Waals surface area contributed by atoms with Crippen molar-refractivity contribution in [2.75, 3.05) is 6.54 Å². The van der Waals surface area contributed by atoms with Crippen molar-refractivity contribution in [3.63, 3.8) is 0 Å². The van der Waals surface area contributed by atoms with Crippen molar-refractivity contribution in [1.29, 1.82) is 0 Å². The summed E-state index contributed by atoms with van der Waals surface area (Å²) >= 11 is 0. The number of aromatic nitrogens is 1. The normalized spacial score (nSPS) is 17.6. The van der Waals surface area contributed by atoms with Gasteiger partial charge in [0.25, 0.3) is 5.69 Å². The Labute approximate surface area is 130 Å². The highest BCUT2D eigenvalue weighted by Gasteiger charge is 2.33. The Kier molecular flexibility index (Phi) is 3.73. The molecule has 0 bridgehead atoms. The number of aromatic amines is 1. The Morgan fingerprint density at radius 3 is 2.91 bits per heavy atom. The standard InChI is InChI=1S/C15H15N3O5/c19-14(17-5-1-2-13(17)15(20)21)6-9-8-16-12-4-3-10(18(22)23)7-11(9)12/h3-4,7-8,13,16H,1-2,5-6H2,(H,20,21)/t13-/m1/s1. The summed E-state index contributed by atoms with van der Waals surface area (Å²) in [4.78, 5) is 38.3. The molecular weight excluding hydrogens is 302 g/mol. The Bertz CT molecular complexity index is 798. The summed E-state index contributed by atoms with van der Waals surface area (Å²) in [6, 6.07) is 3.64. The number of H-pyrrole nitrogens is 1. The number of carbonyl (C=O) groups excluding carboxylic acids is 1. The van der Waals surface area contributed by atoms with Gasteiger partial charge in [0.05, 0.1) is 11.3 Å². The number of likely N-dealkylation sites (tertiary alicyclic amines) is 1. The summed E-state index contributed by atoms with van der Waals surface area (Å²) in [5, 5.41) is 20.6. The molecule has 1 aliphatic heterocycles. The van der Waals surface area contributed by atoms with Gasteiger partial charge in [0.1, 0.15) is 6.04 Å². The van der Waals surface area contributed by atoms with Crippen molar-refractivity contribution < 1.29 is 19.6 Å². The number of carboxylic acid groups (broad SMARTS) is 1. The second-order valence-corrected chi connectivity index (χ2v) is 5.56. The van der Waals surface area contributed by atoms with E-state index in [4.69, 9.17) is 5.11 Å². The number of non-ortho nitro benzene ring substituents is 1. The molecule has 1 amide bonds. The zero-order chi connectivity index (χ0) is 16.6. The van der Waals surface area contributed by atoms with Gasteiger partial charge in [0.15, 0.2) is 0 Å². The molecule has 1 atom stereocenters. The number of carbonyl (C=O) groups is 2. The van der Waals surface area contributed by atoms with Crippen molar-refractivity contribution in [3.05, 3.63) is 40.1 Å². The molecule has 3 rings (SSSR count). The first-order chi connectivity index (χ1) is 11.0. The third kappa shape index (κ3) is 2.75. The molecule has 8 heteroatoms. The summed E-state index contributed by atoms with van der Waals surface area (Å²) in [5.74, 6) is -1.27. The van der Waals surface area contributed by atoms with Gasteiger partial charge in [0.2, 0.25) is 5.91 Å². The van der Waals surface area contributed by atoms with Gasteiger partial charge >= 0.3 is 5.97 Å². The molecule has 120 valence electrons. The van der Waals surface area contributed by atoms with Crippen LogP contribution in [-0.2, 0) is 16.0 Å². The van der Waals surface area contributed by atoms with E-state index in [1.165, 1.54) is 17.0 Å². The number of carboxylic acids is 1. The number of nitrogens with zero attached hydrogens (tertiary/aromatic N) is 2. The van der Waals surface area contributed by atoms with E-state index in [9.17, 15) is 19.7 Å². The van der Waals surface area contributed by atoms with Crippen molar-refractivity contribution >= 4 is 28.5 Å². The van der Waals surface area contributed by atoms with Gasteiger partial charge in [-0.15, -0.1) is 0 Å². The first kappa shape index (κ1) is 15.0. The molecule has 2 aromatic rings. The number of nitro groups is 1. The third-order valence-electron chi connectivity index (χ3n) is 4.16. The highest BCUT2D eigenvalue weighted by Crippen LogP contribution is 2.25. The molecule has 2 heterocycles. The number of rotatable bonds is 4. The summed E-state index contributed by atoms with van der Waals surface area (Å²) in [6.07, 6.45) is 2.78. The molecule has 0 spiro atoms. The van der Waals surface area contributed by atoms with Gasteiger partial charge in [-0.2, -0.15) is 0 Å². The molecular formula is C15H15N3O5. The fraction of sp³-hybridized carbons (Fsp3) is 0.333. The van der Waals surface area contributed by atoms with Crippen LogP contribution in [0.3, 0.4) is 0 Å². The molecule has 1 aromatic carbocycles. The van der Waals surface area contributed by atoms with Gasteiger partial charge in [0, 0.05) is 35.8 Å². The number of nitro benzene ring substituents is 1. The zero-order valence-electron chi connectivity index (χ0n) is 12.2. The maximum atomic E-state index is 12.4. The topological polar surface area (TPSA) is 117 Å². The number of hydrogen-bond donors (Lipinski definition) is 2. The van der Waals surface area contributed by atoms with Crippen LogP contribution in [0.15, 0.2) is 24.4 Å². The lowest BCUT2D eigenvalue weighted by molar-refractivity contribution is -0.384. The molecule has 8 nitrogen and oxygen atoms in total. The molecule has 1 aliphatic rings. The van der Waals surface area contributed by atoms with E-state index in [0.717, 1.165) is 0 Å². The second-order valence-electron chi connectivity index (χ2n) is 5.56. The first-order valence-electron chi connectivity index (χ1n) is 7.24. The summed E-state index contributed by atoms with van der Waals surface area (Å²) in [7, 11) is 0. The highest BCUT2D eigenvalue weighted by atomic mass is 16.6. The van der Waals surface area contributed by atoms with E-state index < -0.39 is 16.9 Å². The van der Waals surface area contributed by atoms with E-state index in [1.807, 2.05) is 0 Å². The van der Waals surface area contributed by atoms with Gasteiger partial charge in [-0.05, 0) is 24.5 Å². The molecule has 0 saturated carbocycles. The average molecular weight is 317 g/mol. The average Bonchev–Trinajstić information content (AvgIpc) is 3.13. The van der Waals surface area contributed by atoms with Crippen LogP contribution in [0.1, 0.15) is 18.4 Å². The molecule has 2 N–H and O–H groups in total. The van der Waals surface area contributed by atoms with Crippen LogP contribution in [-0.4, -0.2) is 44.4 Å². The number of benzene rings is 1. The predicted molar refractivity (Wildman–Crippen MR) is 81.0 cm³/mol. The Morgan fingerprint density at radius 2 is 2.22 bits per heavy atom. The molecule has 0 aliphatic carbocycles. The van der Waals surface area contributed by atoms with E-state index in [2.05, 4.69) is 4.98 Å². The highest BCUT2D eigenvalue weighted by molar-refractivity contribution is 5.91. The van der Waals surface area contributed by atoms with E-state index >= 15 is 0 Å². The van der Waals surface area contributed by atoms with Crippen LogP contribution in [0.5, 0.6) is 0 Å². The fourth-order valence-electron chi connectivity index (χ4n) is 3.01. The minimum absolute atomic E-state index is 0.0188. The lowest BCUT2D eigenvalue weighted by atomic mass is 10.1. The van der Waals surface area contributed by atoms with Gasteiger partial charge < -0.3 is 15.0 Å². The van der Waals surface area contributed by atoms with Gasteiger partial charge in [-0.1, -0.05) is 0 Å². The number of hydrogen-bond acceptors (Lipinski definition) is 4. The molecule has 1 saturated heterocycles.